The van der Waals surface area contributed by atoms with E-state index < -0.39 is 0 Å². The van der Waals surface area contributed by atoms with E-state index >= 15 is 0 Å². The summed E-state index contributed by atoms with van der Waals surface area (Å²) in [6, 6.07) is 6.30. The van der Waals surface area contributed by atoms with Gasteiger partial charge in [0.1, 0.15) is 0 Å². The Labute approximate surface area is 149 Å². The van der Waals surface area contributed by atoms with E-state index in [2.05, 4.69) is 20.2 Å². The van der Waals surface area contributed by atoms with Gasteiger partial charge in [0.25, 0.3) is 5.91 Å². The van der Waals surface area contributed by atoms with Crippen molar-refractivity contribution in [1.29, 1.82) is 0 Å². The number of nitrogens with zero attached hydrogens (tertiary/aromatic N) is 3. The van der Waals surface area contributed by atoms with Crippen molar-refractivity contribution in [3.05, 3.63) is 54.1 Å². The van der Waals surface area contributed by atoms with Crippen LogP contribution in [0.15, 0.2) is 43.0 Å². The fourth-order valence-corrected chi connectivity index (χ4v) is 3.25. The third-order valence-corrected chi connectivity index (χ3v) is 4.85. The number of hydrogen-bond acceptors (Lipinski definition) is 4. The molecule has 1 aliphatic rings. The molecule has 1 aliphatic carbocycles. The van der Waals surface area contributed by atoms with Gasteiger partial charge in [-0.2, -0.15) is 0 Å². The monoisotopic (exact) mass is 338 g/mol. The molecular weight excluding hydrogens is 312 g/mol. The molecule has 25 heavy (non-hydrogen) atoms. The number of aromatic nitrogens is 2. The summed E-state index contributed by atoms with van der Waals surface area (Å²) in [7, 11) is 2.03. The highest BCUT2D eigenvalue weighted by atomic mass is 16.1. The van der Waals surface area contributed by atoms with E-state index in [0.29, 0.717) is 11.6 Å². The second kappa shape index (κ2) is 8.60. The SMILES string of the molecule is CN(CCc1ccncc1)c1cncc(C(=O)NC2CCCCC2)c1. The Morgan fingerprint density at radius 3 is 2.68 bits per heavy atom. The lowest BCUT2D eigenvalue weighted by Crippen LogP contribution is -2.36. The van der Waals surface area contributed by atoms with Crippen molar-refractivity contribution in [3.8, 4) is 0 Å². The molecule has 0 aliphatic heterocycles. The van der Waals surface area contributed by atoms with E-state index in [1.54, 1.807) is 6.20 Å². The Morgan fingerprint density at radius 1 is 1.16 bits per heavy atom. The van der Waals surface area contributed by atoms with E-state index in [0.717, 1.165) is 31.5 Å². The Morgan fingerprint density at radius 2 is 1.92 bits per heavy atom. The van der Waals surface area contributed by atoms with Gasteiger partial charge in [0, 0.05) is 38.2 Å². The largest absolute Gasteiger partial charge is 0.373 e. The van der Waals surface area contributed by atoms with Gasteiger partial charge in [-0.1, -0.05) is 19.3 Å². The van der Waals surface area contributed by atoms with Gasteiger partial charge < -0.3 is 10.2 Å². The number of hydrogen-bond donors (Lipinski definition) is 1. The summed E-state index contributed by atoms with van der Waals surface area (Å²) >= 11 is 0. The molecule has 0 spiro atoms. The lowest BCUT2D eigenvalue weighted by Gasteiger charge is -2.23. The third-order valence-electron chi connectivity index (χ3n) is 4.85. The van der Waals surface area contributed by atoms with Gasteiger partial charge in [-0.3, -0.25) is 14.8 Å². The van der Waals surface area contributed by atoms with Crippen LogP contribution in [-0.4, -0.2) is 35.5 Å². The molecule has 1 saturated carbocycles. The van der Waals surface area contributed by atoms with Crippen molar-refractivity contribution >= 4 is 11.6 Å². The van der Waals surface area contributed by atoms with Crippen LogP contribution in [0.5, 0.6) is 0 Å². The molecule has 2 heterocycles. The molecule has 2 aromatic rings. The zero-order chi connectivity index (χ0) is 17.5. The standard InChI is InChI=1S/C20H26N4O/c1-24(12-9-16-7-10-21-11-8-16)19-13-17(14-22-15-19)20(25)23-18-5-3-2-4-6-18/h7-8,10-11,13-15,18H,2-6,9,12H2,1H3,(H,23,25). The zero-order valence-corrected chi connectivity index (χ0v) is 14.8. The molecular formula is C20H26N4O. The first-order chi connectivity index (χ1) is 12.2. The van der Waals surface area contributed by atoms with Gasteiger partial charge in [-0.05, 0) is 43.0 Å². The van der Waals surface area contributed by atoms with Crippen LogP contribution in [0.3, 0.4) is 0 Å². The first kappa shape index (κ1) is 17.4. The topological polar surface area (TPSA) is 58.1 Å². The van der Waals surface area contributed by atoms with Crippen LogP contribution < -0.4 is 10.2 Å². The van der Waals surface area contributed by atoms with Crippen LogP contribution >= 0.6 is 0 Å². The minimum atomic E-state index is -0.0104. The molecule has 1 N–H and O–H groups in total. The maximum absolute atomic E-state index is 12.5. The molecule has 0 bridgehead atoms. The number of nitrogens with one attached hydrogen (secondary N) is 1. The number of amides is 1. The quantitative estimate of drug-likeness (QED) is 0.878. The van der Waals surface area contributed by atoms with Crippen molar-refractivity contribution in [2.75, 3.05) is 18.5 Å². The van der Waals surface area contributed by atoms with E-state index in [4.69, 9.17) is 0 Å². The third kappa shape index (κ3) is 5.02. The van der Waals surface area contributed by atoms with E-state index in [9.17, 15) is 4.79 Å². The molecule has 132 valence electrons. The van der Waals surface area contributed by atoms with Gasteiger partial charge in [0.05, 0.1) is 17.4 Å². The minimum Gasteiger partial charge on any atom is -0.373 e. The van der Waals surface area contributed by atoms with E-state index in [1.807, 2.05) is 43.8 Å². The molecule has 1 fully saturated rings. The number of rotatable bonds is 6. The van der Waals surface area contributed by atoms with Crippen LogP contribution in [0, 0.1) is 0 Å². The molecule has 0 atom stereocenters. The van der Waals surface area contributed by atoms with Gasteiger partial charge in [-0.25, -0.2) is 0 Å². The van der Waals surface area contributed by atoms with Crippen molar-refractivity contribution in [1.82, 2.24) is 15.3 Å². The predicted molar refractivity (Wildman–Crippen MR) is 99.8 cm³/mol. The molecule has 0 aromatic carbocycles. The Kier molecular flexibility index (Phi) is 5.99. The van der Waals surface area contributed by atoms with Gasteiger partial charge in [0.2, 0.25) is 0 Å². The summed E-state index contributed by atoms with van der Waals surface area (Å²) in [4.78, 5) is 22.9. The fraction of sp³-hybridized carbons (Fsp3) is 0.450. The van der Waals surface area contributed by atoms with Crippen LogP contribution in [0.1, 0.15) is 48.0 Å². The number of likely N-dealkylation sites (N-methyl/N-ethyl adjacent to an activating group) is 1. The highest BCUT2D eigenvalue weighted by molar-refractivity contribution is 5.94. The first-order valence-corrected chi connectivity index (χ1v) is 9.08. The summed E-state index contributed by atoms with van der Waals surface area (Å²) in [5.41, 5.74) is 2.85. The van der Waals surface area contributed by atoms with Crippen molar-refractivity contribution < 1.29 is 4.79 Å². The highest BCUT2D eigenvalue weighted by Crippen LogP contribution is 2.19. The average Bonchev–Trinajstić information content (AvgIpc) is 2.68. The maximum atomic E-state index is 12.5. The molecule has 0 radical (unpaired) electrons. The normalized spacial score (nSPS) is 14.9. The predicted octanol–water partition coefficient (Wildman–Crippen LogP) is 3.22. The van der Waals surface area contributed by atoms with Crippen LogP contribution in [0.2, 0.25) is 0 Å². The van der Waals surface area contributed by atoms with Crippen LogP contribution in [0.25, 0.3) is 0 Å². The molecule has 3 rings (SSSR count). The van der Waals surface area contributed by atoms with Gasteiger partial charge in [0.15, 0.2) is 0 Å². The van der Waals surface area contributed by atoms with Crippen molar-refractivity contribution in [2.24, 2.45) is 0 Å². The first-order valence-electron chi connectivity index (χ1n) is 9.08. The van der Waals surface area contributed by atoms with Crippen molar-refractivity contribution in [2.45, 2.75) is 44.6 Å². The molecule has 5 nitrogen and oxygen atoms in total. The smallest absolute Gasteiger partial charge is 0.253 e. The van der Waals surface area contributed by atoms with E-state index in [-0.39, 0.29) is 5.91 Å². The average molecular weight is 338 g/mol. The Hall–Kier alpha value is -2.43. The van der Waals surface area contributed by atoms with Crippen LogP contribution in [0.4, 0.5) is 5.69 Å². The summed E-state index contributed by atoms with van der Waals surface area (Å²) in [5, 5.41) is 3.15. The van der Waals surface area contributed by atoms with E-state index in [1.165, 1.54) is 24.8 Å². The minimum absolute atomic E-state index is 0.0104. The summed E-state index contributed by atoms with van der Waals surface area (Å²) in [5.74, 6) is -0.0104. The van der Waals surface area contributed by atoms with Gasteiger partial charge >= 0.3 is 0 Å². The molecule has 2 aromatic heterocycles. The molecule has 1 amide bonds. The lowest BCUT2D eigenvalue weighted by molar-refractivity contribution is 0.0927. The zero-order valence-electron chi connectivity index (χ0n) is 14.8. The molecule has 0 saturated heterocycles. The summed E-state index contributed by atoms with van der Waals surface area (Å²) in [6.07, 6.45) is 13.9. The second-order valence-electron chi connectivity index (χ2n) is 6.77. The Bertz CT molecular complexity index is 683. The number of pyridine rings is 2. The maximum Gasteiger partial charge on any atom is 0.253 e. The van der Waals surface area contributed by atoms with Crippen LogP contribution in [-0.2, 0) is 6.42 Å². The second-order valence-corrected chi connectivity index (χ2v) is 6.77. The molecule has 5 heteroatoms. The number of carbonyl (C=O) groups is 1. The summed E-state index contributed by atoms with van der Waals surface area (Å²) in [6.45, 7) is 0.861. The number of carbonyl (C=O) groups excluding carboxylic acids is 1. The fourth-order valence-electron chi connectivity index (χ4n) is 3.25. The van der Waals surface area contributed by atoms with Gasteiger partial charge in [-0.15, -0.1) is 0 Å². The lowest BCUT2D eigenvalue weighted by atomic mass is 9.95. The Balaban J connectivity index is 1.58. The van der Waals surface area contributed by atoms with Crippen molar-refractivity contribution in [3.63, 3.8) is 0 Å². The highest BCUT2D eigenvalue weighted by Gasteiger charge is 2.17. The molecule has 0 unspecified atom stereocenters. The summed E-state index contributed by atoms with van der Waals surface area (Å²) < 4.78 is 0. The number of anilines is 1.